The first-order valence-electron chi connectivity index (χ1n) is 8.64. The first kappa shape index (κ1) is 16.1. The zero-order chi connectivity index (χ0) is 17.7. The lowest BCUT2D eigenvalue weighted by Crippen LogP contribution is -2.69. The molecule has 3 saturated heterocycles. The highest BCUT2D eigenvalue weighted by molar-refractivity contribution is 5.99. The maximum absolute atomic E-state index is 13.8. The summed E-state index contributed by atoms with van der Waals surface area (Å²) in [5.41, 5.74) is 0.750. The van der Waals surface area contributed by atoms with Gasteiger partial charge in [0.15, 0.2) is 0 Å². The SMILES string of the molecule is Cc1ccc(C(=O)N2CCN3C(=O)[C@@H]4CCCN4C(=O)[C@H]3C2)cc1F. The van der Waals surface area contributed by atoms with E-state index in [0.717, 1.165) is 12.8 Å². The first-order chi connectivity index (χ1) is 12.0. The number of rotatable bonds is 1. The normalized spacial score (nSPS) is 25.9. The predicted molar refractivity (Wildman–Crippen MR) is 87.3 cm³/mol. The molecule has 0 N–H and O–H groups in total. The number of nitrogens with zero attached hydrogens (tertiary/aromatic N) is 3. The van der Waals surface area contributed by atoms with Gasteiger partial charge in [0, 0.05) is 25.2 Å². The average Bonchev–Trinajstić information content (AvgIpc) is 3.11. The van der Waals surface area contributed by atoms with Crippen LogP contribution in [0, 0.1) is 12.7 Å². The van der Waals surface area contributed by atoms with Crippen molar-refractivity contribution in [3.63, 3.8) is 0 Å². The van der Waals surface area contributed by atoms with Crippen molar-refractivity contribution in [2.75, 3.05) is 26.2 Å². The second-order valence-corrected chi connectivity index (χ2v) is 6.95. The van der Waals surface area contributed by atoms with Crippen LogP contribution in [0.1, 0.15) is 28.8 Å². The molecule has 25 heavy (non-hydrogen) atoms. The van der Waals surface area contributed by atoms with Crippen LogP contribution >= 0.6 is 0 Å². The van der Waals surface area contributed by atoms with E-state index in [1.807, 2.05) is 0 Å². The zero-order valence-electron chi connectivity index (χ0n) is 14.1. The Labute approximate surface area is 145 Å². The number of carbonyl (C=O) groups is 3. The summed E-state index contributed by atoms with van der Waals surface area (Å²) in [6, 6.07) is 3.46. The molecule has 1 aromatic carbocycles. The van der Waals surface area contributed by atoms with Gasteiger partial charge in [-0.25, -0.2) is 4.39 Å². The number of hydrogen-bond acceptors (Lipinski definition) is 3. The van der Waals surface area contributed by atoms with Crippen molar-refractivity contribution < 1.29 is 18.8 Å². The molecule has 0 radical (unpaired) electrons. The van der Waals surface area contributed by atoms with E-state index in [1.165, 1.54) is 6.07 Å². The molecule has 3 aliphatic heterocycles. The fraction of sp³-hybridized carbons (Fsp3) is 0.500. The molecule has 1 aromatic rings. The molecule has 3 fully saturated rings. The summed E-state index contributed by atoms with van der Waals surface area (Å²) >= 11 is 0. The summed E-state index contributed by atoms with van der Waals surface area (Å²) in [6.45, 7) is 3.12. The lowest BCUT2D eigenvalue weighted by atomic mass is 10.0. The van der Waals surface area contributed by atoms with Crippen molar-refractivity contribution in [3.05, 3.63) is 35.1 Å². The van der Waals surface area contributed by atoms with Gasteiger partial charge in [0.2, 0.25) is 11.8 Å². The smallest absolute Gasteiger partial charge is 0.254 e. The van der Waals surface area contributed by atoms with Crippen LogP contribution in [0.15, 0.2) is 18.2 Å². The lowest BCUT2D eigenvalue weighted by molar-refractivity contribution is -0.162. The second kappa shape index (κ2) is 5.82. The molecular formula is C18H20FN3O3. The number of benzene rings is 1. The molecule has 0 aliphatic carbocycles. The highest BCUT2D eigenvalue weighted by Gasteiger charge is 2.49. The highest BCUT2D eigenvalue weighted by Crippen LogP contribution is 2.29. The Bertz CT molecular complexity index is 766. The van der Waals surface area contributed by atoms with E-state index in [0.29, 0.717) is 25.2 Å². The van der Waals surface area contributed by atoms with Gasteiger partial charge in [0.05, 0.1) is 6.54 Å². The van der Waals surface area contributed by atoms with Crippen LogP contribution in [-0.2, 0) is 9.59 Å². The molecule has 0 bridgehead atoms. The summed E-state index contributed by atoms with van der Waals surface area (Å²) < 4.78 is 13.8. The summed E-state index contributed by atoms with van der Waals surface area (Å²) in [4.78, 5) is 42.8. The standard InChI is InChI=1S/C18H20FN3O3/c1-11-4-5-12(9-13(11)19)16(23)20-7-8-22-15(10-20)18(25)21-6-2-3-14(21)17(22)24/h4-5,9,14-15H,2-3,6-8,10H2,1H3/t14-,15+/m0/s1. The minimum absolute atomic E-state index is 0.00409. The van der Waals surface area contributed by atoms with E-state index in [1.54, 1.807) is 33.8 Å². The van der Waals surface area contributed by atoms with E-state index in [-0.39, 0.29) is 35.9 Å². The van der Waals surface area contributed by atoms with Gasteiger partial charge in [-0.2, -0.15) is 0 Å². The molecule has 7 heteroatoms. The second-order valence-electron chi connectivity index (χ2n) is 6.95. The van der Waals surface area contributed by atoms with Crippen LogP contribution < -0.4 is 0 Å². The quantitative estimate of drug-likeness (QED) is 0.756. The molecule has 0 unspecified atom stereocenters. The Morgan fingerprint density at radius 2 is 1.80 bits per heavy atom. The third kappa shape index (κ3) is 2.49. The van der Waals surface area contributed by atoms with Crippen molar-refractivity contribution in [3.8, 4) is 0 Å². The third-order valence-electron chi connectivity index (χ3n) is 5.48. The molecule has 4 rings (SSSR count). The highest BCUT2D eigenvalue weighted by atomic mass is 19.1. The van der Waals surface area contributed by atoms with Crippen LogP contribution in [0.5, 0.6) is 0 Å². The van der Waals surface area contributed by atoms with Crippen LogP contribution in [0.25, 0.3) is 0 Å². The van der Waals surface area contributed by atoms with Gasteiger partial charge in [-0.1, -0.05) is 6.07 Å². The Hall–Kier alpha value is -2.44. The molecule has 3 amide bonds. The van der Waals surface area contributed by atoms with Crippen LogP contribution in [-0.4, -0.2) is 70.7 Å². The number of piperazine rings is 2. The molecule has 6 nitrogen and oxygen atoms in total. The first-order valence-corrected chi connectivity index (χ1v) is 8.64. The van der Waals surface area contributed by atoms with Crippen LogP contribution in [0.3, 0.4) is 0 Å². The van der Waals surface area contributed by atoms with Crippen molar-refractivity contribution in [1.82, 2.24) is 14.7 Å². The molecule has 132 valence electrons. The molecule has 2 atom stereocenters. The number of amides is 3. The van der Waals surface area contributed by atoms with E-state index in [9.17, 15) is 18.8 Å². The van der Waals surface area contributed by atoms with Gasteiger partial charge in [0.25, 0.3) is 5.91 Å². The number of hydrogen-bond donors (Lipinski definition) is 0. The van der Waals surface area contributed by atoms with Crippen molar-refractivity contribution in [1.29, 1.82) is 0 Å². The number of aryl methyl sites for hydroxylation is 1. The molecule has 3 aliphatic rings. The molecule has 0 spiro atoms. The topological polar surface area (TPSA) is 60.9 Å². The predicted octanol–water partition coefficient (Wildman–Crippen LogP) is 0.792. The Balaban J connectivity index is 1.55. The largest absolute Gasteiger partial charge is 0.334 e. The van der Waals surface area contributed by atoms with Gasteiger partial charge in [-0.15, -0.1) is 0 Å². The number of halogens is 1. The van der Waals surface area contributed by atoms with Crippen molar-refractivity contribution >= 4 is 17.7 Å². The lowest BCUT2D eigenvalue weighted by Gasteiger charge is -2.47. The summed E-state index contributed by atoms with van der Waals surface area (Å²) in [5, 5.41) is 0. The minimum Gasteiger partial charge on any atom is -0.334 e. The maximum Gasteiger partial charge on any atom is 0.254 e. The fourth-order valence-electron chi connectivity index (χ4n) is 4.02. The Morgan fingerprint density at radius 1 is 1.08 bits per heavy atom. The Kier molecular flexibility index (Phi) is 3.74. The summed E-state index contributed by atoms with van der Waals surface area (Å²) in [6.07, 6.45) is 1.56. The van der Waals surface area contributed by atoms with Gasteiger partial charge in [0.1, 0.15) is 17.9 Å². The minimum atomic E-state index is -0.616. The average molecular weight is 345 g/mol. The van der Waals surface area contributed by atoms with Crippen molar-refractivity contribution in [2.45, 2.75) is 31.8 Å². The van der Waals surface area contributed by atoms with Gasteiger partial charge in [-0.3, -0.25) is 14.4 Å². The molecular weight excluding hydrogens is 325 g/mol. The zero-order valence-corrected chi connectivity index (χ0v) is 14.1. The van der Waals surface area contributed by atoms with Gasteiger partial charge >= 0.3 is 0 Å². The van der Waals surface area contributed by atoms with Crippen LogP contribution in [0.2, 0.25) is 0 Å². The maximum atomic E-state index is 13.8. The van der Waals surface area contributed by atoms with Crippen molar-refractivity contribution in [2.24, 2.45) is 0 Å². The number of carbonyl (C=O) groups excluding carboxylic acids is 3. The monoisotopic (exact) mass is 345 g/mol. The molecule has 0 saturated carbocycles. The summed E-state index contributed by atoms with van der Waals surface area (Å²) in [7, 11) is 0. The summed E-state index contributed by atoms with van der Waals surface area (Å²) in [5.74, 6) is -0.805. The van der Waals surface area contributed by atoms with E-state index in [2.05, 4.69) is 0 Å². The van der Waals surface area contributed by atoms with Crippen LogP contribution in [0.4, 0.5) is 4.39 Å². The third-order valence-corrected chi connectivity index (χ3v) is 5.48. The fourth-order valence-corrected chi connectivity index (χ4v) is 4.02. The van der Waals surface area contributed by atoms with Gasteiger partial charge < -0.3 is 14.7 Å². The molecule has 3 heterocycles. The van der Waals surface area contributed by atoms with Gasteiger partial charge in [-0.05, 0) is 37.5 Å². The number of fused-ring (bicyclic) bond motifs is 2. The van der Waals surface area contributed by atoms with E-state index < -0.39 is 11.9 Å². The van der Waals surface area contributed by atoms with E-state index >= 15 is 0 Å². The molecule has 0 aromatic heterocycles. The van der Waals surface area contributed by atoms with E-state index in [4.69, 9.17) is 0 Å². The Morgan fingerprint density at radius 3 is 2.56 bits per heavy atom.